The van der Waals surface area contributed by atoms with Gasteiger partial charge in [0.25, 0.3) is 0 Å². The Kier molecular flexibility index (Phi) is 7.89. The zero-order valence-electron chi connectivity index (χ0n) is 15.8. The number of amides is 2. The molecule has 27 heavy (non-hydrogen) atoms. The Morgan fingerprint density at radius 3 is 2.59 bits per heavy atom. The van der Waals surface area contributed by atoms with Crippen molar-refractivity contribution >= 4 is 24.2 Å². The topological polar surface area (TPSA) is 71.1 Å². The third-order valence-electron chi connectivity index (χ3n) is 5.16. The van der Waals surface area contributed by atoms with Gasteiger partial charge in [0.2, 0.25) is 11.8 Å². The number of nitrogens with zero attached hydrogens (tertiary/aromatic N) is 2. The number of benzene rings is 1. The van der Waals surface area contributed by atoms with Crippen LogP contribution < -0.4 is 10.1 Å². The average molecular weight is 398 g/mol. The van der Waals surface area contributed by atoms with Gasteiger partial charge in [-0.25, -0.2) is 0 Å². The van der Waals surface area contributed by atoms with Crippen LogP contribution in [0.2, 0.25) is 0 Å². The van der Waals surface area contributed by atoms with Crippen molar-refractivity contribution in [3.8, 4) is 5.75 Å². The Balaban J connectivity index is 0.00000261. The number of ether oxygens (including phenoxy) is 2. The van der Waals surface area contributed by atoms with Crippen LogP contribution in [0.5, 0.6) is 5.75 Å². The van der Waals surface area contributed by atoms with Crippen LogP contribution in [0.1, 0.15) is 24.4 Å². The first-order chi connectivity index (χ1) is 12.7. The molecule has 2 fully saturated rings. The van der Waals surface area contributed by atoms with E-state index >= 15 is 0 Å². The van der Waals surface area contributed by atoms with Crippen molar-refractivity contribution < 1.29 is 19.1 Å². The van der Waals surface area contributed by atoms with E-state index in [1.165, 1.54) is 0 Å². The number of hydrogen-bond acceptors (Lipinski definition) is 5. The number of halogens is 1. The highest BCUT2D eigenvalue weighted by atomic mass is 35.5. The molecule has 0 spiro atoms. The molecule has 1 N–H and O–H groups in total. The highest BCUT2D eigenvalue weighted by Gasteiger charge is 2.41. The summed E-state index contributed by atoms with van der Waals surface area (Å²) in [5, 5.41) is 2.75. The van der Waals surface area contributed by atoms with E-state index in [-0.39, 0.29) is 30.3 Å². The summed E-state index contributed by atoms with van der Waals surface area (Å²) < 4.78 is 10.8. The number of carbonyl (C=O) groups excluding carboxylic acids is 2. The molecule has 8 heteroatoms. The van der Waals surface area contributed by atoms with Crippen molar-refractivity contribution in [2.75, 3.05) is 47.0 Å². The minimum atomic E-state index is -0.548. The lowest BCUT2D eigenvalue weighted by Gasteiger charge is -2.36. The van der Waals surface area contributed by atoms with E-state index in [0.717, 1.165) is 18.4 Å². The molecule has 0 radical (unpaired) electrons. The quantitative estimate of drug-likeness (QED) is 0.809. The van der Waals surface area contributed by atoms with E-state index in [9.17, 15) is 9.59 Å². The van der Waals surface area contributed by atoms with Crippen LogP contribution in [0.15, 0.2) is 24.3 Å². The molecule has 150 valence electrons. The van der Waals surface area contributed by atoms with Crippen LogP contribution >= 0.6 is 12.4 Å². The number of hydrogen-bond donors (Lipinski definition) is 1. The van der Waals surface area contributed by atoms with Crippen molar-refractivity contribution in [3.63, 3.8) is 0 Å². The van der Waals surface area contributed by atoms with Crippen LogP contribution in [0.4, 0.5) is 0 Å². The molecule has 1 aromatic carbocycles. The molecule has 2 heterocycles. The number of methoxy groups -OCH3 is 1. The molecule has 0 saturated carbocycles. The van der Waals surface area contributed by atoms with Crippen LogP contribution in [0.25, 0.3) is 0 Å². The number of morpholine rings is 1. The largest absolute Gasteiger partial charge is 0.496 e. The fraction of sp³-hybridized carbons (Fsp3) is 0.579. The molecule has 0 aliphatic carbocycles. The van der Waals surface area contributed by atoms with Gasteiger partial charge in [-0.2, -0.15) is 0 Å². The zero-order valence-corrected chi connectivity index (χ0v) is 16.7. The second-order valence-electron chi connectivity index (χ2n) is 6.59. The Morgan fingerprint density at radius 1 is 1.22 bits per heavy atom. The number of rotatable bonds is 5. The minimum Gasteiger partial charge on any atom is -0.496 e. The van der Waals surface area contributed by atoms with E-state index in [2.05, 4.69) is 5.32 Å². The van der Waals surface area contributed by atoms with Gasteiger partial charge in [0, 0.05) is 32.2 Å². The van der Waals surface area contributed by atoms with Crippen LogP contribution in [-0.2, 0) is 14.3 Å². The molecule has 2 saturated heterocycles. The molecule has 2 atom stereocenters. The Bertz CT molecular complexity index is 652. The smallest absolute Gasteiger partial charge is 0.241 e. The lowest BCUT2D eigenvalue weighted by atomic mass is 10.0. The summed E-state index contributed by atoms with van der Waals surface area (Å²) >= 11 is 0. The van der Waals surface area contributed by atoms with E-state index < -0.39 is 6.04 Å². The van der Waals surface area contributed by atoms with Gasteiger partial charge in [-0.15, -0.1) is 12.4 Å². The Labute approximate surface area is 166 Å². The van der Waals surface area contributed by atoms with Gasteiger partial charge in [-0.3, -0.25) is 14.5 Å². The maximum absolute atomic E-state index is 13.1. The van der Waals surface area contributed by atoms with E-state index in [0.29, 0.717) is 38.6 Å². The predicted octanol–water partition coefficient (Wildman–Crippen LogP) is 1.23. The molecule has 0 bridgehead atoms. The van der Waals surface area contributed by atoms with Gasteiger partial charge in [-0.1, -0.05) is 18.2 Å². The zero-order chi connectivity index (χ0) is 18.5. The second kappa shape index (κ2) is 9.92. The minimum absolute atomic E-state index is 0. The maximum Gasteiger partial charge on any atom is 0.241 e. The molecule has 0 aromatic heterocycles. The highest BCUT2D eigenvalue weighted by molar-refractivity contribution is 5.87. The summed E-state index contributed by atoms with van der Waals surface area (Å²) in [6.07, 6.45) is 1.65. The van der Waals surface area contributed by atoms with Crippen molar-refractivity contribution in [2.45, 2.75) is 24.9 Å². The summed E-state index contributed by atoms with van der Waals surface area (Å²) in [5.74, 6) is 0.622. The first-order valence-electron chi connectivity index (χ1n) is 9.14. The molecular weight excluding hydrogens is 370 g/mol. The predicted molar refractivity (Wildman–Crippen MR) is 104 cm³/mol. The van der Waals surface area contributed by atoms with Crippen LogP contribution in [-0.4, -0.2) is 74.7 Å². The van der Waals surface area contributed by atoms with Gasteiger partial charge in [-0.05, 0) is 18.9 Å². The summed E-state index contributed by atoms with van der Waals surface area (Å²) in [6, 6.07) is 6.67. The van der Waals surface area contributed by atoms with Crippen molar-refractivity contribution in [1.82, 2.24) is 15.1 Å². The monoisotopic (exact) mass is 397 g/mol. The SMILES string of the molecule is CNC(=O)[C@@H](c1ccccc1OC)N1CCC[C@H]1C(=O)N1CCOCC1.Cl. The average Bonchev–Trinajstić information content (AvgIpc) is 3.17. The summed E-state index contributed by atoms with van der Waals surface area (Å²) in [7, 11) is 3.22. The third kappa shape index (κ3) is 4.54. The Morgan fingerprint density at radius 2 is 1.93 bits per heavy atom. The summed E-state index contributed by atoms with van der Waals surface area (Å²) in [4.78, 5) is 29.7. The van der Waals surface area contributed by atoms with Gasteiger partial charge >= 0.3 is 0 Å². The fourth-order valence-electron chi connectivity index (χ4n) is 3.86. The first-order valence-corrected chi connectivity index (χ1v) is 9.14. The molecule has 3 rings (SSSR count). The molecule has 2 aliphatic rings. The number of likely N-dealkylation sites (tertiary alicyclic amines) is 1. The molecule has 7 nitrogen and oxygen atoms in total. The van der Waals surface area contributed by atoms with Crippen molar-refractivity contribution in [1.29, 1.82) is 0 Å². The van der Waals surface area contributed by atoms with Gasteiger partial charge < -0.3 is 19.7 Å². The van der Waals surface area contributed by atoms with Gasteiger partial charge in [0.05, 0.1) is 26.4 Å². The lowest BCUT2D eigenvalue weighted by molar-refractivity contribution is -0.142. The standard InChI is InChI=1S/C19H27N3O4.ClH/c1-20-18(23)17(14-6-3-4-8-16(14)25-2)22-9-5-7-15(22)19(24)21-10-12-26-13-11-21;/h3-4,6,8,15,17H,5,7,9-13H2,1-2H3,(H,20,23);1H/t15-,17+;/m0./s1. The maximum atomic E-state index is 13.1. The summed E-state index contributed by atoms with van der Waals surface area (Å²) in [6.45, 7) is 3.08. The molecule has 2 aliphatic heterocycles. The highest BCUT2D eigenvalue weighted by Crippen LogP contribution is 2.35. The fourth-order valence-corrected chi connectivity index (χ4v) is 3.86. The summed E-state index contributed by atoms with van der Waals surface area (Å²) in [5.41, 5.74) is 0.788. The number of para-hydroxylation sites is 1. The van der Waals surface area contributed by atoms with Crippen LogP contribution in [0, 0.1) is 0 Å². The van der Waals surface area contributed by atoms with Crippen LogP contribution in [0.3, 0.4) is 0 Å². The molecular formula is C19H28ClN3O4. The first kappa shape index (κ1) is 21.5. The third-order valence-corrected chi connectivity index (χ3v) is 5.16. The normalized spacial score (nSPS) is 21.3. The second-order valence-corrected chi connectivity index (χ2v) is 6.59. The molecule has 0 unspecified atom stereocenters. The number of carbonyl (C=O) groups is 2. The van der Waals surface area contributed by atoms with E-state index in [4.69, 9.17) is 9.47 Å². The van der Waals surface area contributed by atoms with Crippen molar-refractivity contribution in [3.05, 3.63) is 29.8 Å². The molecule has 1 aromatic rings. The van der Waals surface area contributed by atoms with Crippen molar-refractivity contribution in [2.24, 2.45) is 0 Å². The van der Waals surface area contributed by atoms with Gasteiger partial charge in [0.1, 0.15) is 11.8 Å². The van der Waals surface area contributed by atoms with E-state index in [1.807, 2.05) is 34.1 Å². The number of nitrogens with one attached hydrogen (secondary N) is 1. The molecule has 2 amide bonds. The lowest BCUT2D eigenvalue weighted by Crippen LogP contribution is -2.52. The van der Waals surface area contributed by atoms with E-state index in [1.54, 1.807) is 14.2 Å². The number of likely N-dealkylation sites (N-methyl/N-ethyl adjacent to an activating group) is 1. The Hall–Kier alpha value is -1.83. The van der Waals surface area contributed by atoms with Gasteiger partial charge in [0.15, 0.2) is 0 Å².